The third kappa shape index (κ3) is 5.54. The number of carbonyl (C=O) groups is 1. The van der Waals surface area contributed by atoms with Crippen molar-refractivity contribution in [3.8, 4) is 23.6 Å². The van der Waals surface area contributed by atoms with Crippen LogP contribution < -0.4 is 14.8 Å². The molecule has 1 N–H and O–H groups in total. The molecular weight excluding hydrogens is 574 g/mol. The lowest BCUT2D eigenvalue weighted by Gasteiger charge is -2.14. The number of benzene rings is 3. The summed E-state index contributed by atoms with van der Waals surface area (Å²) < 4.78 is 12.3. The monoisotopic (exact) mass is 597 g/mol. The second-order valence-corrected chi connectivity index (χ2v) is 11.1. The number of thiophene rings is 1. The molecule has 1 amide bonds. The lowest BCUT2D eigenvalue weighted by atomic mass is 9.96. The largest absolute Gasteiger partial charge is 0.493 e. The summed E-state index contributed by atoms with van der Waals surface area (Å²) >= 11 is 4.98. The van der Waals surface area contributed by atoms with Gasteiger partial charge < -0.3 is 14.8 Å². The van der Waals surface area contributed by atoms with E-state index in [0.29, 0.717) is 38.7 Å². The summed E-state index contributed by atoms with van der Waals surface area (Å²) in [7, 11) is 1.54. The summed E-state index contributed by atoms with van der Waals surface area (Å²) in [5.41, 5.74) is 3.08. The van der Waals surface area contributed by atoms with Gasteiger partial charge in [0.15, 0.2) is 11.5 Å². The van der Waals surface area contributed by atoms with Gasteiger partial charge in [-0.05, 0) is 71.4 Å². The molecule has 6 nitrogen and oxygen atoms in total. The lowest BCUT2D eigenvalue weighted by Crippen LogP contribution is -2.13. The molecule has 5 rings (SSSR count). The van der Waals surface area contributed by atoms with Crippen molar-refractivity contribution < 1.29 is 14.3 Å². The Kier molecular flexibility index (Phi) is 7.97. The predicted octanol–water partition coefficient (Wildman–Crippen LogP) is 7.55. The van der Waals surface area contributed by atoms with Crippen LogP contribution >= 0.6 is 27.3 Å². The smallest absolute Gasteiger partial charge is 0.266 e. The summed E-state index contributed by atoms with van der Waals surface area (Å²) in [5.74, 6) is 0.440. The van der Waals surface area contributed by atoms with Crippen LogP contribution in [0.5, 0.6) is 11.5 Å². The topological polar surface area (TPSA) is 95.1 Å². The quantitative estimate of drug-likeness (QED) is 0.175. The van der Waals surface area contributed by atoms with Crippen molar-refractivity contribution in [1.82, 2.24) is 0 Å². The number of halogens is 1. The Morgan fingerprint density at radius 1 is 1.10 bits per heavy atom. The molecule has 0 atom stereocenters. The van der Waals surface area contributed by atoms with Crippen molar-refractivity contribution in [2.45, 2.75) is 32.3 Å². The Morgan fingerprint density at radius 2 is 1.90 bits per heavy atom. The third-order valence-corrected chi connectivity index (χ3v) is 8.62. The third-order valence-electron chi connectivity index (χ3n) is 6.72. The van der Waals surface area contributed by atoms with Gasteiger partial charge in [0.25, 0.3) is 5.91 Å². The zero-order valence-electron chi connectivity index (χ0n) is 21.2. The minimum Gasteiger partial charge on any atom is -0.493 e. The molecule has 39 heavy (non-hydrogen) atoms. The molecule has 8 heteroatoms. The van der Waals surface area contributed by atoms with Crippen molar-refractivity contribution in [3.05, 3.63) is 91.8 Å². The van der Waals surface area contributed by atoms with Crippen LogP contribution in [0.4, 0.5) is 5.00 Å². The van der Waals surface area contributed by atoms with Crippen molar-refractivity contribution in [2.24, 2.45) is 0 Å². The maximum Gasteiger partial charge on any atom is 0.266 e. The molecule has 4 aromatic rings. The standard InChI is InChI=1S/C31H24BrN3O3S/c1-37-27-14-21(26(32)15-28(27)38-18-20-9-6-8-19-7-2-3-10-23(19)20)13-22(16-33)30(36)35-31-25(17-34)24-11-4-5-12-29(24)39-31/h2-3,6-10,13-15H,4-5,11-12,18H2,1H3,(H,35,36)/b22-13+. The molecule has 1 heterocycles. The number of hydrogen-bond acceptors (Lipinski definition) is 6. The average molecular weight is 599 g/mol. The number of hydrogen-bond donors (Lipinski definition) is 1. The van der Waals surface area contributed by atoms with Crippen LogP contribution in [0.2, 0.25) is 0 Å². The normalized spacial score (nSPS) is 12.8. The Morgan fingerprint density at radius 3 is 2.69 bits per heavy atom. The van der Waals surface area contributed by atoms with E-state index in [0.717, 1.165) is 52.5 Å². The molecule has 0 fully saturated rings. The summed E-state index contributed by atoms with van der Waals surface area (Å²) in [4.78, 5) is 14.2. The van der Waals surface area contributed by atoms with E-state index < -0.39 is 5.91 Å². The molecule has 0 saturated heterocycles. The first kappa shape index (κ1) is 26.5. The number of amides is 1. The first-order chi connectivity index (χ1) is 19.0. The first-order valence-corrected chi connectivity index (χ1v) is 14.1. The average Bonchev–Trinajstić information content (AvgIpc) is 3.32. The van der Waals surface area contributed by atoms with Gasteiger partial charge in [-0.1, -0.05) is 58.4 Å². The van der Waals surface area contributed by atoms with Crippen molar-refractivity contribution in [2.75, 3.05) is 12.4 Å². The fraction of sp³-hybridized carbons (Fsp3) is 0.194. The highest BCUT2D eigenvalue weighted by molar-refractivity contribution is 9.10. The van der Waals surface area contributed by atoms with Gasteiger partial charge in [-0.3, -0.25) is 4.79 Å². The number of carbonyl (C=O) groups excluding carboxylic acids is 1. The molecule has 0 unspecified atom stereocenters. The number of nitriles is 2. The van der Waals surface area contributed by atoms with Crippen LogP contribution in [0.1, 0.15) is 40.0 Å². The van der Waals surface area contributed by atoms with Gasteiger partial charge in [-0.2, -0.15) is 10.5 Å². The molecule has 194 valence electrons. The van der Waals surface area contributed by atoms with E-state index in [9.17, 15) is 15.3 Å². The summed E-state index contributed by atoms with van der Waals surface area (Å²) in [6.45, 7) is 0.344. The molecule has 0 spiro atoms. The van der Waals surface area contributed by atoms with Crippen LogP contribution in [-0.4, -0.2) is 13.0 Å². The molecule has 0 aliphatic heterocycles. The SMILES string of the molecule is COc1cc(/C=C(\C#N)C(=O)Nc2sc3c(c2C#N)CCCC3)c(Br)cc1OCc1cccc2ccccc12. The van der Waals surface area contributed by atoms with E-state index in [1.807, 2.05) is 30.3 Å². The number of methoxy groups -OCH3 is 1. The van der Waals surface area contributed by atoms with Gasteiger partial charge in [-0.25, -0.2) is 0 Å². The van der Waals surface area contributed by atoms with E-state index in [2.05, 4.69) is 45.5 Å². The van der Waals surface area contributed by atoms with Crippen LogP contribution in [0, 0.1) is 22.7 Å². The lowest BCUT2D eigenvalue weighted by molar-refractivity contribution is -0.112. The zero-order chi connectivity index (χ0) is 27.4. The second kappa shape index (κ2) is 11.7. The maximum atomic E-state index is 13.1. The van der Waals surface area contributed by atoms with E-state index in [1.54, 1.807) is 19.2 Å². The Labute approximate surface area is 239 Å². The van der Waals surface area contributed by atoms with Gasteiger partial charge in [0.05, 0.1) is 12.7 Å². The zero-order valence-corrected chi connectivity index (χ0v) is 23.6. The predicted molar refractivity (Wildman–Crippen MR) is 157 cm³/mol. The number of rotatable bonds is 7. The Bertz CT molecular complexity index is 1690. The van der Waals surface area contributed by atoms with Crippen LogP contribution in [0.3, 0.4) is 0 Å². The van der Waals surface area contributed by atoms with E-state index in [1.165, 1.54) is 17.4 Å². The molecule has 3 aromatic carbocycles. The first-order valence-electron chi connectivity index (χ1n) is 12.5. The van der Waals surface area contributed by atoms with Gasteiger partial charge >= 0.3 is 0 Å². The fourth-order valence-corrected chi connectivity index (χ4v) is 6.43. The summed E-state index contributed by atoms with van der Waals surface area (Å²) in [6.07, 6.45) is 5.36. The minimum atomic E-state index is -0.560. The molecular formula is C31H24BrN3O3S. The second-order valence-electron chi connectivity index (χ2n) is 9.10. The molecule has 1 aromatic heterocycles. The number of ether oxygens (including phenoxy) is 2. The minimum absolute atomic E-state index is 0.0857. The van der Waals surface area contributed by atoms with E-state index >= 15 is 0 Å². The number of fused-ring (bicyclic) bond motifs is 2. The Balaban J connectivity index is 1.38. The fourth-order valence-electron chi connectivity index (χ4n) is 4.75. The van der Waals surface area contributed by atoms with Crippen molar-refractivity contribution in [3.63, 3.8) is 0 Å². The van der Waals surface area contributed by atoms with Crippen molar-refractivity contribution >= 4 is 55.0 Å². The molecule has 1 aliphatic carbocycles. The van der Waals surface area contributed by atoms with E-state index in [-0.39, 0.29) is 5.57 Å². The number of aryl methyl sites for hydroxylation is 1. The summed E-state index contributed by atoms with van der Waals surface area (Å²) in [6, 6.07) is 21.9. The van der Waals surface area contributed by atoms with Gasteiger partial charge in [0.1, 0.15) is 29.3 Å². The maximum absolute atomic E-state index is 13.1. The highest BCUT2D eigenvalue weighted by atomic mass is 79.9. The van der Waals surface area contributed by atoms with Gasteiger partial charge in [-0.15, -0.1) is 11.3 Å². The Hall–Kier alpha value is -4.11. The molecule has 1 aliphatic rings. The number of nitrogens with one attached hydrogen (secondary N) is 1. The van der Waals surface area contributed by atoms with Crippen molar-refractivity contribution in [1.29, 1.82) is 10.5 Å². The van der Waals surface area contributed by atoms with Gasteiger partial charge in [0.2, 0.25) is 0 Å². The van der Waals surface area contributed by atoms with Crippen LogP contribution in [-0.2, 0) is 24.2 Å². The molecule has 0 saturated carbocycles. The van der Waals surface area contributed by atoms with E-state index in [4.69, 9.17) is 9.47 Å². The summed E-state index contributed by atoms with van der Waals surface area (Å²) in [5, 5.41) is 25.0. The highest BCUT2D eigenvalue weighted by Gasteiger charge is 2.23. The van der Waals surface area contributed by atoms with Crippen LogP contribution in [0.25, 0.3) is 16.8 Å². The van der Waals surface area contributed by atoms with Crippen LogP contribution in [0.15, 0.2) is 64.6 Å². The number of nitrogens with zero attached hydrogens (tertiary/aromatic N) is 2. The molecule has 0 bridgehead atoms. The van der Waals surface area contributed by atoms with Gasteiger partial charge in [0, 0.05) is 9.35 Å². The highest BCUT2D eigenvalue weighted by Crippen LogP contribution is 2.38. The molecule has 0 radical (unpaired) electrons. The number of anilines is 1.